The number of tetrazole rings is 1. The first-order valence-corrected chi connectivity index (χ1v) is 9.26. The second kappa shape index (κ2) is 6.50. The average Bonchev–Trinajstić information content (AvgIpc) is 3.08. The number of aromatic amines is 1. The number of nitrogens with two attached hydrogens (primary N) is 1. The van der Waals surface area contributed by atoms with Crippen LogP contribution < -0.4 is 5.73 Å². The summed E-state index contributed by atoms with van der Waals surface area (Å²) in [5, 5.41) is 13.7. The zero-order valence-corrected chi connectivity index (χ0v) is 13.9. The molecule has 0 spiro atoms. The highest BCUT2D eigenvalue weighted by atomic mass is 32.2. The number of hydrogen-bond donors (Lipinski definition) is 2. The molecule has 8 heteroatoms. The first-order chi connectivity index (χ1) is 11.5. The third kappa shape index (κ3) is 3.19. The van der Waals surface area contributed by atoms with E-state index in [1.807, 2.05) is 30.3 Å². The van der Waals surface area contributed by atoms with Gasteiger partial charge in [0, 0.05) is 11.8 Å². The van der Waals surface area contributed by atoms with E-state index < -0.39 is 9.84 Å². The van der Waals surface area contributed by atoms with Gasteiger partial charge in [-0.2, -0.15) is 0 Å². The molecule has 7 nitrogen and oxygen atoms in total. The van der Waals surface area contributed by atoms with Gasteiger partial charge < -0.3 is 5.73 Å². The summed E-state index contributed by atoms with van der Waals surface area (Å²) in [5.41, 5.74) is 8.80. The Morgan fingerprint density at radius 1 is 1.12 bits per heavy atom. The van der Waals surface area contributed by atoms with Gasteiger partial charge in [0.1, 0.15) is 0 Å². The summed E-state index contributed by atoms with van der Waals surface area (Å²) >= 11 is 0. The first kappa shape index (κ1) is 16.3. The van der Waals surface area contributed by atoms with Crippen LogP contribution >= 0.6 is 0 Å². The monoisotopic (exact) mass is 343 g/mol. The molecule has 0 unspecified atom stereocenters. The van der Waals surface area contributed by atoms with Gasteiger partial charge in [0.2, 0.25) is 0 Å². The zero-order chi connectivity index (χ0) is 17.2. The third-order valence-corrected chi connectivity index (χ3v) is 4.84. The molecule has 0 radical (unpaired) electrons. The van der Waals surface area contributed by atoms with E-state index in [4.69, 9.17) is 5.73 Å². The molecule has 3 rings (SSSR count). The van der Waals surface area contributed by atoms with E-state index in [2.05, 4.69) is 20.6 Å². The number of aromatic nitrogens is 4. The normalized spacial score (nSPS) is 11.6. The Balaban J connectivity index is 2.21. The van der Waals surface area contributed by atoms with Crippen molar-refractivity contribution >= 4 is 9.84 Å². The molecule has 0 saturated carbocycles. The van der Waals surface area contributed by atoms with E-state index in [9.17, 15) is 8.42 Å². The topological polar surface area (TPSA) is 115 Å². The van der Waals surface area contributed by atoms with E-state index >= 15 is 0 Å². The van der Waals surface area contributed by atoms with Crippen molar-refractivity contribution in [2.75, 3.05) is 12.8 Å². The fourth-order valence-electron chi connectivity index (χ4n) is 2.61. The van der Waals surface area contributed by atoms with Crippen molar-refractivity contribution in [2.45, 2.75) is 11.3 Å². The number of sulfone groups is 1. The third-order valence-electron chi connectivity index (χ3n) is 3.71. The zero-order valence-electron chi connectivity index (χ0n) is 13.1. The molecular formula is C16H17N5O2S. The molecule has 0 bridgehead atoms. The SMILES string of the molecule is CS(=O)(=O)c1cccc(-c2ccc(CCN)cc2)c1-c1nnn[nH]1. The molecule has 0 fully saturated rings. The Labute approximate surface area is 139 Å². The lowest BCUT2D eigenvalue weighted by Gasteiger charge is -2.12. The van der Waals surface area contributed by atoms with Crippen LogP contribution in [0.25, 0.3) is 22.5 Å². The van der Waals surface area contributed by atoms with Crippen LogP contribution in [0.15, 0.2) is 47.4 Å². The average molecular weight is 343 g/mol. The van der Waals surface area contributed by atoms with E-state index in [1.54, 1.807) is 12.1 Å². The van der Waals surface area contributed by atoms with E-state index in [0.717, 1.165) is 23.1 Å². The molecule has 0 aliphatic heterocycles. The number of benzene rings is 2. The van der Waals surface area contributed by atoms with Crippen molar-refractivity contribution < 1.29 is 8.42 Å². The molecular weight excluding hydrogens is 326 g/mol. The van der Waals surface area contributed by atoms with Crippen LogP contribution in [0.5, 0.6) is 0 Å². The van der Waals surface area contributed by atoms with Gasteiger partial charge in [-0.1, -0.05) is 36.4 Å². The predicted molar refractivity (Wildman–Crippen MR) is 90.9 cm³/mol. The molecule has 1 aromatic heterocycles. The number of rotatable bonds is 5. The fourth-order valence-corrected chi connectivity index (χ4v) is 3.51. The summed E-state index contributed by atoms with van der Waals surface area (Å²) in [7, 11) is -3.44. The maximum atomic E-state index is 12.2. The van der Waals surface area contributed by atoms with E-state index in [0.29, 0.717) is 17.9 Å². The molecule has 1 heterocycles. The molecule has 3 aromatic rings. The molecule has 2 aromatic carbocycles. The maximum absolute atomic E-state index is 12.2. The standard InChI is InChI=1S/C16H17N5O2S/c1-24(22,23)14-4-2-3-13(15(14)16-18-20-21-19-16)12-7-5-11(6-8-12)9-10-17/h2-8H,9-10,17H2,1H3,(H,18,19,20,21). The van der Waals surface area contributed by atoms with Crippen LogP contribution in [0.4, 0.5) is 0 Å². The summed E-state index contributed by atoms with van der Waals surface area (Å²) in [5.74, 6) is 0.317. The molecule has 24 heavy (non-hydrogen) atoms. The lowest BCUT2D eigenvalue weighted by Crippen LogP contribution is -2.03. The molecule has 0 atom stereocenters. The Bertz CT molecular complexity index is 935. The molecule has 0 saturated heterocycles. The Kier molecular flexibility index (Phi) is 4.41. The van der Waals surface area contributed by atoms with Gasteiger partial charge in [0.05, 0.1) is 4.90 Å². The van der Waals surface area contributed by atoms with Gasteiger partial charge in [0.25, 0.3) is 0 Å². The second-order valence-electron chi connectivity index (χ2n) is 5.44. The van der Waals surface area contributed by atoms with Crippen LogP contribution in [0.3, 0.4) is 0 Å². The smallest absolute Gasteiger partial charge is 0.181 e. The van der Waals surface area contributed by atoms with Crippen molar-refractivity contribution in [3.05, 3.63) is 48.0 Å². The minimum absolute atomic E-state index is 0.185. The van der Waals surface area contributed by atoms with Gasteiger partial charge in [0.15, 0.2) is 15.7 Å². The molecule has 124 valence electrons. The summed E-state index contributed by atoms with van der Waals surface area (Å²) in [4.78, 5) is 0.185. The number of H-pyrrole nitrogens is 1. The van der Waals surface area contributed by atoms with Crippen LogP contribution in [-0.4, -0.2) is 41.8 Å². The molecule has 0 aliphatic carbocycles. The molecule has 0 aliphatic rings. The second-order valence-corrected chi connectivity index (χ2v) is 7.42. The summed E-state index contributed by atoms with van der Waals surface area (Å²) < 4.78 is 24.4. The number of hydrogen-bond acceptors (Lipinski definition) is 6. The first-order valence-electron chi connectivity index (χ1n) is 7.37. The van der Waals surface area contributed by atoms with Gasteiger partial charge in [-0.3, -0.25) is 0 Å². The van der Waals surface area contributed by atoms with Crippen molar-refractivity contribution in [1.82, 2.24) is 20.6 Å². The van der Waals surface area contributed by atoms with Gasteiger partial charge in [-0.15, -0.1) is 5.10 Å². The largest absolute Gasteiger partial charge is 0.330 e. The highest BCUT2D eigenvalue weighted by Gasteiger charge is 2.21. The predicted octanol–water partition coefficient (Wildman–Crippen LogP) is 1.44. The van der Waals surface area contributed by atoms with E-state index in [1.165, 1.54) is 6.26 Å². The van der Waals surface area contributed by atoms with Crippen LogP contribution in [0.2, 0.25) is 0 Å². The molecule has 0 amide bonds. The minimum atomic E-state index is -3.44. The summed E-state index contributed by atoms with van der Waals surface area (Å²) in [6.45, 7) is 0.581. The highest BCUT2D eigenvalue weighted by molar-refractivity contribution is 7.90. The Hall–Kier alpha value is -2.58. The van der Waals surface area contributed by atoms with Crippen molar-refractivity contribution in [1.29, 1.82) is 0 Å². The lowest BCUT2D eigenvalue weighted by atomic mass is 9.97. The minimum Gasteiger partial charge on any atom is -0.330 e. The fraction of sp³-hybridized carbons (Fsp3) is 0.188. The lowest BCUT2D eigenvalue weighted by molar-refractivity contribution is 0.602. The van der Waals surface area contributed by atoms with Crippen LogP contribution in [0, 0.1) is 0 Å². The van der Waals surface area contributed by atoms with Crippen molar-refractivity contribution in [3.63, 3.8) is 0 Å². The van der Waals surface area contributed by atoms with Gasteiger partial charge in [-0.05, 0) is 46.1 Å². The molecule has 3 N–H and O–H groups in total. The number of nitrogens with zero attached hydrogens (tertiary/aromatic N) is 3. The van der Waals surface area contributed by atoms with Gasteiger partial charge in [-0.25, -0.2) is 13.5 Å². The summed E-state index contributed by atoms with van der Waals surface area (Å²) in [6, 6.07) is 13.0. The van der Waals surface area contributed by atoms with E-state index in [-0.39, 0.29) is 4.90 Å². The Morgan fingerprint density at radius 3 is 2.46 bits per heavy atom. The Morgan fingerprint density at radius 2 is 1.88 bits per heavy atom. The van der Waals surface area contributed by atoms with Crippen LogP contribution in [-0.2, 0) is 16.3 Å². The quantitative estimate of drug-likeness (QED) is 0.724. The maximum Gasteiger partial charge on any atom is 0.181 e. The van der Waals surface area contributed by atoms with Gasteiger partial charge >= 0.3 is 0 Å². The van der Waals surface area contributed by atoms with Crippen molar-refractivity contribution in [3.8, 4) is 22.5 Å². The van der Waals surface area contributed by atoms with Crippen molar-refractivity contribution in [2.24, 2.45) is 5.73 Å². The van der Waals surface area contributed by atoms with Crippen LogP contribution in [0.1, 0.15) is 5.56 Å². The number of nitrogens with one attached hydrogen (secondary N) is 1. The highest BCUT2D eigenvalue weighted by Crippen LogP contribution is 2.35. The summed E-state index contributed by atoms with van der Waals surface area (Å²) in [6.07, 6.45) is 1.96.